The van der Waals surface area contributed by atoms with Crippen LogP contribution in [-0.4, -0.2) is 8.42 Å². The quantitative estimate of drug-likeness (QED) is 0.855. The standard InChI is InChI=1S/C13H11F3N2O2S/c1-7-4-9(6-12(17)13(7)16)21(19,20)18-8-2-3-10(14)11(15)5-8/h2-6,18H,17H2,1H3. The van der Waals surface area contributed by atoms with Gasteiger partial charge in [-0.1, -0.05) is 0 Å². The predicted octanol–water partition coefficient (Wildman–Crippen LogP) is 2.80. The van der Waals surface area contributed by atoms with Crippen molar-refractivity contribution in [2.75, 3.05) is 10.5 Å². The van der Waals surface area contributed by atoms with Crippen LogP contribution in [0.4, 0.5) is 24.5 Å². The van der Waals surface area contributed by atoms with Crippen molar-refractivity contribution < 1.29 is 21.6 Å². The second-order valence-corrected chi connectivity index (χ2v) is 6.06. The van der Waals surface area contributed by atoms with Crippen molar-refractivity contribution in [3.05, 3.63) is 53.3 Å². The van der Waals surface area contributed by atoms with Gasteiger partial charge in [-0.25, -0.2) is 21.6 Å². The highest BCUT2D eigenvalue weighted by molar-refractivity contribution is 7.92. The zero-order valence-corrected chi connectivity index (χ0v) is 11.6. The highest BCUT2D eigenvalue weighted by Gasteiger charge is 2.18. The number of nitrogens with one attached hydrogen (secondary N) is 1. The lowest BCUT2D eigenvalue weighted by Gasteiger charge is -2.10. The van der Waals surface area contributed by atoms with Gasteiger partial charge in [-0.3, -0.25) is 4.72 Å². The molecule has 0 aliphatic rings. The average Bonchev–Trinajstić information content (AvgIpc) is 2.39. The van der Waals surface area contributed by atoms with E-state index < -0.39 is 27.5 Å². The molecule has 8 heteroatoms. The number of aryl methyl sites for hydroxylation is 1. The molecule has 0 fully saturated rings. The van der Waals surface area contributed by atoms with Gasteiger partial charge in [0.25, 0.3) is 10.0 Å². The summed E-state index contributed by atoms with van der Waals surface area (Å²) in [5.41, 5.74) is 4.96. The number of nitrogen functional groups attached to an aromatic ring is 1. The van der Waals surface area contributed by atoms with E-state index in [-0.39, 0.29) is 21.8 Å². The Morgan fingerprint density at radius 1 is 1.05 bits per heavy atom. The maximum Gasteiger partial charge on any atom is 0.261 e. The van der Waals surface area contributed by atoms with Crippen molar-refractivity contribution in [3.63, 3.8) is 0 Å². The molecule has 3 N–H and O–H groups in total. The molecule has 0 atom stereocenters. The Morgan fingerprint density at radius 2 is 1.71 bits per heavy atom. The number of hydrogen-bond acceptors (Lipinski definition) is 3. The van der Waals surface area contributed by atoms with Crippen LogP contribution in [0.15, 0.2) is 35.2 Å². The molecule has 0 saturated heterocycles. The van der Waals surface area contributed by atoms with E-state index in [1.807, 2.05) is 0 Å². The minimum Gasteiger partial charge on any atom is -0.396 e. The van der Waals surface area contributed by atoms with Gasteiger partial charge in [0.05, 0.1) is 16.3 Å². The second kappa shape index (κ2) is 5.28. The van der Waals surface area contributed by atoms with Crippen molar-refractivity contribution in [2.45, 2.75) is 11.8 Å². The van der Waals surface area contributed by atoms with Crippen LogP contribution in [0.1, 0.15) is 5.56 Å². The van der Waals surface area contributed by atoms with Crippen LogP contribution in [0.5, 0.6) is 0 Å². The Balaban J connectivity index is 2.40. The van der Waals surface area contributed by atoms with Crippen LogP contribution in [0.25, 0.3) is 0 Å². The first-order valence-electron chi connectivity index (χ1n) is 5.74. The largest absolute Gasteiger partial charge is 0.396 e. The zero-order chi connectivity index (χ0) is 15.8. The second-order valence-electron chi connectivity index (χ2n) is 4.38. The molecule has 2 rings (SSSR count). The number of benzene rings is 2. The first-order valence-corrected chi connectivity index (χ1v) is 7.22. The molecule has 4 nitrogen and oxygen atoms in total. The van der Waals surface area contributed by atoms with E-state index >= 15 is 0 Å². The number of nitrogens with two attached hydrogens (primary N) is 1. The lowest BCUT2D eigenvalue weighted by Crippen LogP contribution is -2.14. The van der Waals surface area contributed by atoms with Crippen molar-refractivity contribution >= 4 is 21.4 Å². The monoisotopic (exact) mass is 316 g/mol. The number of hydrogen-bond donors (Lipinski definition) is 2. The maximum atomic E-state index is 13.4. The summed E-state index contributed by atoms with van der Waals surface area (Å²) < 4.78 is 65.5. The van der Waals surface area contributed by atoms with Gasteiger partial charge in [0.15, 0.2) is 11.6 Å². The van der Waals surface area contributed by atoms with Crippen molar-refractivity contribution in [2.24, 2.45) is 0 Å². The summed E-state index contributed by atoms with van der Waals surface area (Å²) in [7, 11) is -4.09. The average molecular weight is 316 g/mol. The molecule has 0 bridgehead atoms. The lowest BCUT2D eigenvalue weighted by atomic mass is 10.2. The molecule has 112 valence electrons. The first-order chi connectivity index (χ1) is 9.70. The van der Waals surface area contributed by atoms with E-state index in [9.17, 15) is 21.6 Å². The fourth-order valence-corrected chi connectivity index (χ4v) is 2.86. The molecule has 2 aromatic carbocycles. The Hall–Kier alpha value is -2.22. The van der Waals surface area contributed by atoms with Crippen LogP contribution in [0, 0.1) is 24.4 Å². The van der Waals surface area contributed by atoms with Crippen LogP contribution >= 0.6 is 0 Å². The highest BCUT2D eigenvalue weighted by atomic mass is 32.2. The van der Waals surface area contributed by atoms with Crippen LogP contribution in [-0.2, 0) is 10.0 Å². The van der Waals surface area contributed by atoms with E-state index in [1.165, 1.54) is 6.92 Å². The van der Waals surface area contributed by atoms with Gasteiger partial charge in [-0.05, 0) is 36.8 Å². The summed E-state index contributed by atoms with van der Waals surface area (Å²) >= 11 is 0. The van der Waals surface area contributed by atoms with Gasteiger partial charge < -0.3 is 5.73 Å². The smallest absolute Gasteiger partial charge is 0.261 e. The van der Waals surface area contributed by atoms with Crippen molar-refractivity contribution in [3.8, 4) is 0 Å². The Kier molecular flexibility index (Phi) is 3.82. The summed E-state index contributed by atoms with van der Waals surface area (Å²) in [6.07, 6.45) is 0. The third-order valence-corrected chi connectivity index (χ3v) is 4.10. The molecule has 0 aliphatic carbocycles. The SMILES string of the molecule is Cc1cc(S(=O)(=O)Nc2ccc(F)c(F)c2)cc(N)c1F. The number of rotatable bonds is 3. The topological polar surface area (TPSA) is 72.2 Å². The fourth-order valence-electron chi connectivity index (χ4n) is 1.69. The lowest BCUT2D eigenvalue weighted by molar-refractivity contribution is 0.509. The van der Waals surface area contributed by atoms with E-state index in [0.717, 1.165) is 24.3 Å². The predicted molar refractivity (Wildman–Crippen MR) is 72.7 cm³/mol. The van der Waals surface area contributed by atoms with E-state index in [0.29, 0.717) is 6.07 Å². The van der Waals surface area contributed by atoms with Gasteiger partial charge in [0.1, 0.15) is 5.82 Å². The van der Waals surface area contributed by atoms with Crippen molar-refractivity contribution in [1.29, 1.82) is 0 Å². The van der Waals surface area contributed by atoms with E-state index in [4.69, 9.17) is 5.73 Å². The Labute approximate surface area is 119 Å². The van der Waals surface area contributed by atoms with Crippen LogP contribution in [0.3, 0.4) is 0 Å². The third kappa shape index (κ3) is 3.10. The Morgan fingerprint density at radius 3 is 2.29 bits per heavy atom. The molecule has 0 spiro atoms. The minimum atomic E-state index is -4.09. The summed E-state index contributed by atoms with van der Waals surface area (Å²) in [5, 5.41) is 0. The molecule has 0 saturated carbocycles. The molecule has 0 amide bonds. The number of sulfonamides is 1. The molecule has 0 aliphatic heterocycles. The van der Waals surface area contributed by atoms with Gasteiger partial charge in [0, 0.05) is 6.07 Å². The van der Waals surface area contributed by atoms with Gasteiger partial charge in [-0.15, -0.1) is 0 Å². The summed E-state index contributed by atoms with van der Waals surface area (Å²) in [4.78, 5) is -0.274. The minimum absolute atomic E-state index is 0.0562. The Bertz CT molecular complexity index is 784. The molecule has 2 aromatic rings. The molecule has 0 unspecified atom stereocenters. The number of anilines is 2. The first kappa shape index (κ1) is 15.2. The van der Waals surface area contributed by atoms with Gasteiger partial charge >= 0.3 is 0 Å². The zero-order valence-electron chi connectivity index (χ0n) is 10.8. The summed E-state index contributed by atoms with van der Waals surface area (Å²) in [5.74, 6) is -2.99. The molecule has 21 heavy (non-hydrogen) atoms. The number of halogens is 3. The van der Waals surface area contributed by atoms with Crippen LogP contribution < -0.4 is 10.5 Å². The van der Waals surface area contributed by atoms with Crippen LogP contribution in [0.2, 0.25) is 0 Å². The molecule has 0 aromatic heterocycles. The van der Waals surface area contributed by atoms with Crippen molar-refractivity contribution in [1.82, 2.24) is 0 Å². The highest BCUT2D eigenvalue weighted by Crippen LogP contribution is 2.23. The van der Waals surface area contributed by atoms with Gasteiger partial charge in [0.2, 0.25) is 0 Å². The molecular weight excluding hydrogens is 305 g/mol. The summed E-state index contributed by atoms with van der Waals surface area (Å²) in [6, 6.07) is 4.60. The van der Waals surface area contributed by atoms with E-state index in [1.54, 1.807) is 0 Å². The molecular formula is C13H11F3N2O2S. The maximum absolute atomic E-state index is 13.4. The molecule has 0 heterocycles. The third-order valence-electron chi connectivity index (χ3n) is 2.74. The normalized spacial score (nSPS) is 11.4. The van der Waals surface area contributed by atoms with Gasteiger partial charge in [-0.2, -0.15) is 0 Å². The summed E-state index contributed by atoms with van der Waals surface area (Å²) in [6.45, 7) is 1.36. The van der Waals surface area contributed by atoms with E-state index in [2.05, 4.69) is 4.72 Å². The fraction of sp³-hybridized carbons (Fsp3) is 0.0769. The molecule has 0 radical (unpaired) electrons.